The fraction of sp³-hybridized carbons (Fsp3) is 0.308. The standard InChI is InChI=1S/C13H15ClN2/c1-4-16(3)12-8-10-7-9(2)5-6-11(10)13(14)15-12/h5-8H,4H2,1-3H3. The zero-order valence-electron chi connectivity index (χ0n) is 9.79. The molecule has 1 aromatic carbocycles. The van der Waals surface area contributed by atoms with Crippen molar-refractivity contribution in [3.05, 3.63) is 35.0 Å². The van der Waals surface area contributed by atoms with Crippen LogP contribution in [-0.4, -0.2) is 18.6 Å². The van der Waals surface area contributed by atoms with Crippen LogP contribution in [0.25, 0.3) is 10.8 Å². The Morgan fingerprint density at radius 2 is 2.06 bits per heavy atom. The maximum Gasteiger partial charge on any atom is 0.139 e. The molecule has 16 heavy (non-hydrogen) atoms. The van der Waals surface area contributed by atoms with Gasteiger partial charge < -0.3 is 4.90 Å². The van der Waals surface area contributed by atoms with Gasteiger partial charge >= 0.3 is 0 Å². The lowest BCUT2D eigenvalue weighted by Gasteiger charge is -2.16. The molecule has 2 nitrogen and oxygen atoms in total. The molecule has 1 aromatic heterocycles. The van der Waals surface area contributed by atoms with E-state index >= 15 is 0 Å². The largest absolute Gasteiger partial charge is 0.360 e. The number of aromatic nitrogens is 1. The molecule has 0 amide bonds. The maximum atomic E-state index is 6.18. The lowest BCUT2D eigenvalue weighted by Crippen LogP contribution is -2.17. The number of fused-ring (bicyclic) bond motifs is 1. The van der Waals surface area contributed by atoms with Crippen LogP contribution in [0.4, 0.5) is 5.82 Å². The highest BCUT2D eigenvalue weighted by Gasteiger charge is 2.06. The summed E-state index contributed by atoms with van der Waals surface area (Å²) in [6, 6.07) is 8.29. The van der Waals surface area contributed by atoms with Crippen LogP contribution < -0.4 is 4.90 Å². The molecule has 2 rings (SSSR count). The third-order valence-electron chi connectivity index (χ3n) is 2.79. The van der Waals surface area contributed by atoms with Crippen molar-refractivity contribution in [2.24, 2.45) is 0 Å². The van der Waals surface area contributed by atoms with Gasteiger partial charge in [-0.3, -0.25) is 0 Å². The summed E-state index contributed by atoms with van der Waals surface area (Å²) in [5, 5.41) is 2.74. The van der Waals surface area contributed by atoms with Gasteiger partial charge in [0.05, 0.1) is 0 Å². The normalized spacial score (nSPS) is 10.8. The van der Waals surface area contributed by atoms with Crippen molar-refractivity contribution in [2.75, 3.05) is 18.5 Å². The molecule has 0 aliphatic heterocycles. The Balaban J connectivity index is 2.65. The number of anilines is 1. The molecule has 0 aliphatic rings. The number of hydrogen-bond acceptors (Lipinski definition) is 2. The molecule has 0 saturated heterocycles. The van der Waals surface area contributed by atoms with Gasteiger partial charge in [-0.15, -0.1) is 0 Å². The molecular formula is C13H15ClN2. The van der Waals surface area contributed by atoms with E-state index in [1.54, 1.807) is 0 Å². The minimum atomic E-state index is 0.577. The van der Waals surface area contributed by atoms with E-state index in [-0.39, 0.29) is 0 Å². The molecule has 0 radical (unpaired) electrons. The van der Waals surface area contributed by atoms with Gasteiger partial charge in [0, 0.05) is 19.0 Å². The van der Waals surface area contributed by atoms with E-state index in [9.17, 15) is 0 Å². The Bertz CT molecular complexity index is 523. The molecule has 84 valence electrons. The number of halogens is 1. The highest BCUT2D eigenvalue weighted by Crippen LogP contribution is 2.26. The smallest absolute Gasteiger partial charge is 0.139 e. The molecule has 2 aromatic rings. The zero-order valence-corrected chi connectivity index (χ0v) is 10.5. The molecule has 0 saturated carbocycles. The van der Waals surface area contributed by atoms with Crippen LogP contribution in [0.3, 0.4) is 0 Å². The lowest BCUT2D eigenvalue weighted by molar-refractivity contribution is 0.941. The third-order valence-corrected chi connectivity index (χ3v) is 3.08. The summed E-state index contributed by atoms with van der Waals surface area (Å²) in [6.07, 6.45) is 0. The van der Waals surface area contributed by atoms with Crippen LogP contribution in [0.15, 0.2) is 24.3 Å². The van der Waals surface area contributed by atoms with E-state index in [1.807, 2.05) is 13.1 Å². The van der Waals surface area contributed by atoms with Crippen molar-refractivity contribution in [3.63, 3.8) is 0 Å². The van der Waals surface area contributed by atoms with Gasteiger partial charge in [0.15, 0.2) is 0 Å². The summed E-state index contributed by atoms with van der Waals surface area (Å²) in [5.41, 5.74) is 1.24. The van der Waals surface area contributed by atoms with E-state index < -0.39 is 0 Å². The second-order valence-corrected chi connectivity index (χ2v) is 4.37. The first kappa shape index (κ1) is 11.2. The molecule has 0 N–H and O–H groups in total. The molecule has 1 heterocycles. The summed E-state index contributed by atoms with van der Waals surface area (Å²) in [5.74, 6) is 0.922. The molecule has 0 unspecified atom stereocenters. The predicted molar refractivity (Wildman–Crippen MR) is 70.4 cm³/mol. The first-order valence-electron chi connectivity index (χ1n) is 5.40. The summed E-state index contributed by atoms with van der Waals surface area (Å²) in [4.78, 5) is 6.47. The van der Waals surface area contributed by atoms with Gasteiger partial charge in [0.2, 0.25) is 0 Å². The highest BCUT2D eigenvalue weighted by molar-refractivity contribution is 6.34. The highest BCUT2D eigenvalue weighted by atomic mass is 35.5. The van der Waals surface area contributed by atoms with E-state index in [0.29, 0.717) is 5.15 Å². The number of pyridine rings is 1. The van der Waals surface area contributed by atoms with Gasteiger partial charge in [-0.25, -0.2) is 4.98 Å². The molecular weight excluding hydrogens is 220 g/mol. The molecule has 0 fully saturated rings. The fourth-order valence-corrected chi connectivity index (χ4v) is 1.94. The van der Waals surface area contributed by atoms with Crippen LogP contribution in [0.1, 0.15) is 12.5 Å². The Hall–Kier alpha value is -1.28. The molecule has 0 spiro atoms. The Kier molecular flexibility index (Phi) is 3.01. The maximum absolute atomic E-state index is 6.18. The van der Waals surface area contributed by atoms with Gasteiger partial charge in [0.25, 0.3) is 0 Å². The Morgan fingerprint density at radius 3 is 2.75 bits per heavy atom. The Labute approximate surface area is 101 Å². The van der Waals surface area contributed by atoms with Gasteiger partial charge in [-0.2, -0.15) is 0 Å². The third kappa shape index (κ3) is 1.98. The van der Waals surface area contributed by atoms with Crippen molar-refractivity contribution in [1.29, 1.82) is 0 Å². The molecule has 0 bridgehead atoms. The number of rotatable bonds is 2. The van der Waals surface area contributed by atoms with Crippen molar-refractivity contribution < 1.29 is 0 Å². The monoisotopic (exact) mass is 234 g/mol. The summed E-state index contributed by atoms with van der Waals surface area (Å²) >= 11 is 6.18. The minimum absolute atomic E-state index is 0.577. The van der Waals surface area contributed by atoms with Crippen LogP contribution in [0.5, 0.6) is 0 Å². The second kappa shape index (κ2) is 4.30. The predicted octanol–water partition coefficient (Wildman–Crippen LogP) is 3.65. The van der Waals surface area contributed by atoms with Gasteiger partial charge in [-0.05, 0) is 25.3 Å². The van der Waals surface area contributed by atoms with Crippen LogP contribution in [0.2, 0.25) is 5.15 Å². The van der Waals surface area contributed by atoms with Crippen LogP contribution in [0, 0.1) is 6.92 Å². The summed E-state index contributed by atoms with van der Waals surface area (Å²) < 4.78 is 0. The van der Waals surface area contributed by atoms with Crippen molar-refractivity contribution >= 4 is 28.2 Å². The van der Waals surface area contributed by atoms with Crippen LogP contribution >= 0.6 is 11.6 Å². The minimum Gasteiger partial charge on any atom is -0.360 e. The van der Waals surface area contributed by atoms with Crippen LogP contribution in [-0.2, 0) is 0 Å². The van der Waals surface area contributed by atoms with Crippen molar-refractivity contribution in [3.8, 4) is 0 Å². The first-order valence-corrected chi connectivity index (χ1v) is 5.77. The van der Waals surface area contributed by atoms with Gasteiger partial charge in [-0.1, -0.05) is 35.4 Å². The number of benzene rings is 1. The van der Waals surface area contributed by atoms with E-state index in [0.717, 1.165) is 23.1 Å². The van der Waals surface area contributed by atoms with Gasteiger partial charge in [0.1, 0.15) is 11.0 Å². The van der Waals surface area contributed by atoms with E-state index in [2.05, 4.69) is 41.9 Å². The average molecular weight is 235 g/mol. The number of hydrogen-bond donors (Lipinski definition) is 0. The number of aryl methyl sites for hydroxylation is 1. The number of nitrogens with zero attached hydrogens (tertiary/aromatic N) is 2. The van der Waals surface area contributed by atoms with E-state index in [1.165, 1.54) is 5.56 Å². The second-order valence-electron chi connectivity index (χ2n) is 4.01. The first-order chi connectivity index (χ1) is 7.61. The topological polar surface area (TPSA) is 16.1 Å². The van der Waals surface area contributed by atoms with Crippen molar-refractivity contribution in [2.45, 2.75) is 13.8 Å². The molecule has 3 heteroatoms. The zero-order chi connectivity index (χ0) is 11.7. The van der Waals surface area contributed by atoms with E-state index in [4.69, 9.17) is 11.6 Å². The summed E-state index contributed by atoms with van der Waals surface area (Å²) in [6.45, 7) is 5.09. The molecule has 0 aliphatic carbocycles. The van der Waals surface area contributed by atoms with Crippen molar-refractivity contribution in [1.82, 2.24) is 4.98 Å². The Morgan fingerprint density at radius 1 is 1.31 bits per heavy atom. The summed E-state index contributed by atoms with van der Waals surface area (Å²) in [7, 11) is 2.01. The fourth-order valence-electron chi connectivity index (χ4n) is 1.68. The SMILES string of the molecule is CCN(C)c1cc2cc(C)ccc2c(Cl)n1. The average Bonchev–Trinajstić information content (AvgIpc) is 2.27. The quantitative estimate of drug-likeness (QED) is 0.738. The lowest BCUT2D eigenvalue weighted by atomic mass is 10.1. The molecule has 0 atom stereocenters.